The minimum atomic E-state index is -0.253. The maximum atomic E-state index is 12.2. The van der Waals surface area contributed by atoms with Crippen LogP contribution in [0.5, 0.6) is 0 Å². The van der Waals surface area contributed by atoms with Gasteiger partial charge in [-0.05, 0) is 52.4 Å². The number of carbonyl (C=O) groups is 2. The lowest BCUT2D eigenvalue weighted by Gasteiger charge is -2.28. The largest absolute Gasteiger partial charge is 0.354 e. The van der Waals surface area contributed by atoms with E-state index in [4.69, 9.17) is 0 Å². The first-order chi connectivity index (χ1) is 12.1. The molecule has 1 aromatic carbocycles. The smallest absolute Gasteiger partial charge is 0.252 e. The third kappa shape index (κ3) is 4.30. The number of rotatable bonds is 6. The van der Waals surface area contributed by atoms with Crippen molar-refractivity contribution in [1.82, 2.24) is 10.6 Å². The van der Waals surface area contributed by atoms with Gasteiger partial charge in [0.15, 0.2) is 0 Å². The van der Waals surface area contributed by atoms with Gasteiger partial charge in [0.05, 0.1) is 12.1 Å². The van der Waals surface area contributed by atoms with Crippen LogP contribution in [0, 0.1) is 0 Å². The summed E-state index contributed by atoms with van der Waals surface area (Å²) >= 11 is 5.11. The van der Waals surface area contributed by atoms with E-state index in [0.29, 0.717) is 12.1 Å². The molecule has 132 valence electrons. The van der Waals surface area contributed by atoms with Gasteiger partial charge in [0.25, 0.3) is 5.91 Å². The fourth-order valence-corrected chi connectivity index (χ4v) is 4.83. The average molecular weight is 421 g/mol. The third-order valence-electron chi connectivity index (χ3n) is 4.76. The van der Waals surface area contributed by atoms with Crippen molar-refractivity contribution in [2.45, 2.75) is 31.1 Å². The van der Waals surface area contributed by atoms with Gasteiger partial charge in [0.2, 0.25) is 5.91 Å². The van der Waals surface area contributed by atoms with Crippen molar-refractivity contribution in [2.24, 2.45) is 0 Å². The van der Waals surface area contributed by atoms with Crippen molar-refractivity contribution in [3.63, 3.8) is 0 Å². The molecular formula is C19H21BrN2O2S. The van der Waals surface area contributed by atoms with Crippen LogP contribution in [-0.2, 0) is 10.2 Å². The highest BCUT2D eigenvalue weighted by Gasteiger charge is 2.36. The first-order valence-electron chi connectivity index (χ1n) is 8.44. The van der Waals surface area contributed by atoms with Crippen molar-refractivity contribution in [1.29, 1.82) is 0 Å². The molecule has 0 aliphatic heterocycles. The van der Waals surface area contributed by atoms with E-state index < -0.39 is 0 Å². The molecular weight excluding hydrogens is 400 g/mol. The summed E-state index contributed by atoms with van der Waals surface area (Å²) in [5.74, 6) is -0.403. The van der Waals surface area contributed by atoms with Crippen molar-refractivity contribution < 1.29 is 9.59 Å². The Bertz CT molecular complexity index is 740. The second-order valence-corrected chi connectivity index (χ2v) is 8.21. The second-order valence-electron chi connectivity index (χ2n) is 6.40. The van der Waals surface area contributed by atoms with Gasteiger partial charge < -0.3 is 10.6 Å². The van der Waals surface area contributed by atoms with Crippen LogP contribution >= 0.6 is 27.3 Å². The summed E-state index contributed by atoms with van der Waals surface area (Å²) in [5.41, 5.74) is 0.595. The average Bonchev–Trinajstić information content (AvgIpc) is 3.30. The molecule has 1 aliphatic carbocycles. The molecule has 0 bridgehead atoms. The summed E-state index contributed by atoms with van der Waals surface area (Å²) in [6.07, 6.45) is 4.62. The molecule has 1 heterocycles. The highest BCUT2D eigenvalue weighted by atomic mass is 79.9. The molecule has 0 atom stereocenters. The number of hydrogen-bond acceptors (Lipinski definition) is 3. The summed E-state index contributed by atoms with van der Waals surface area (Å²) < 4.78 is 0.718. The fraction of sp³-hybridized carbons (Fsp3) is 0.368. The van der Waals surface area contributed by atoms with Crippen molar-refractivity contribution in [2.75, 3.05) is 13.1 Å². The number of benzene rings is 1. The van der Waals surface area contributed by atoms with Crippen LogP contribution in [-0.4, -0.2) is 24.9 Å². The number of thiophene rings is 1. The molecule has 1 saturated carbocycles. The van der Waals surface area contributed by atoms with E-state index in [0.717, 1.165) is 17.3 Å². The molecule has 1 fully saturated rings. The van der Waals surface area contributed by atoms with Gasteiger partial charge in [-0.25, -0.2) is 0 Å². The lowest BCUT2D eigenvalue weighted by molar-refractivity contribution is -0.120. The minimum Gasteiger partial charge on any atom is -0.354 e. The molecule has 0 saturated heterocycles. The standard InChI is InChI=1S/C19H21BrN2O2S/c20-15-7-2-1-6-14(15)18(24)21-12-17(23)22-13-19(9-3-4-10-19)16-8-5-11-25-16/h1-2,5-8,11H,3-4,9-10,12-13H2,(H,21,24)(H,22,23). The molecule has 2 amide bonds. The van der Waals surface area contributed by atoms with Gasteiger partial charge in [-0.2, -0.15) is 0 Å². The van der Waals surface area contributed by atoms with Crippen molar-refractivity contribution in [3.8, 4) is 0 Å². The molecule has 0 spiro atoms. The van der Waals surface area contributed by atoms with Crippen molar-refractivity contribution in [3.05, 3.63) is 56.7 Å². The number of hydrogen-bond donors (Lipinski definition) is 2. The van der Waals surface area contributed by atoms with Crippen LogP contribution in [0.2, 0.25) is 0 Å². The summed E-state index contributed by atoms with van der Waals surface area (Å²) in [5, 5.41) is 7.79. The number of halogens is 1. The zero-order chi connectivity index (χ0) is 17.7. The Labute approximate surface area is 160 Å². The summed E-state index contributed by atoms with van der Waals surface area (Å²) in [7, 11) is 0. The van der Waals surface area contributed by atoms with E-state index in [1.165, 1.54) is 17.7 Å². The van der Waals surface area contributed by atoms with Gasteiger partial charge in [0, 0.05) is 21.3 Å². The Hall–Kier alpha value is -1.66. The zero-order valence-corrected chi connectivity index (χ0v) is 16.3. The molecule has 2 N–H and O–H groups in total. The number of carbonyl (C=O) groups excluding carboxylic acids is 2. The highest BCUT2D eigenvalue weighted by molar-refractivity contribution is 9.10. The lowest BCUT2D eigenvalue weighted by Crippen LogP contribution is -2.43. The topological polar surface area (TPSA) is 58.2 Å². The summed E-state index contributed by atoms with van der Waals surface area (Å²) in [4.78, 5) is 25.7. The van der Waals surface area contributed by atoms with E-state index in [1.54, 1.807) is 29.5 Å². The van der Waals surface area contributed by atoms with Crippen LogP contribution in [0.3, 0.4) is 0 Å². The molecule has 1 aliphatic rings. The van der Waals surface area contributed by atoms with Crippen LogP contribution in [0.1, 0.15) is 40.9 Å². The first-order valence-corrected chi connectivity index (χ1v) is 10.1. The van der Waals surface area contributed by atoms with Gasteiger partial charge >= 0.3 is 0 Å². The molecule has 25 heavy (non-hydrogen) atoms. The van der Waals surface area contributed by atoms with Crippen molar-refractivity contribution >= 4 is 39.1 Å². The van der Waals surface area contributed by atoms with Crippen LogP contribution in [0.25, 0.3) is 0 Å². The van der Waals surface area contributed by atoms with Crippen LogP contribution in [0.4, 0.5) is 0 Å². The predicted octanol–water partition coefficient (Wildman–Crippen LogP) is 3.87. The first kappa shape index (κ1) is 18.1. The number of amides is 2. The normalized spacial score (nSPS) is 15.7. The molecule has 0 unspecified atom stereocenters. The zero-order valence-electron chi connectivity index (χ0n) is 13.9. The van der Waals surface area contributed by atoms with Crippen LogP contribution in [0.15, 0.2) is 46.3 Å². The SMILES string of the molecule is O=C(CNC(=O)c1ccccc1Br)NCC1(c2cccs2)CCCC1. The molecule has 1 aromatic heterocycles. The van der Waals surface area contributed by atoms with Crippen LogP contribution < -0.4 is 10.6 Å². The lowest BCUT2D eigenvalue weighted by atomic mass is 9.84. The van der Waals surface area contributed by atoms with Gasteiger partial charge in [-0.1, -0.05) is 31.0 Å². The molecule has 6 heteroatoms. The maximum Gasteiger partial charge on any atom is 0.252 e. The minimum absolute atomic E-state index is 0.0132. The predicted molar refractivity (Wildman–Crippen MR) is 104 cm³/mol. The molecule has 4 nitrogen and oxygen atoms in total. The van der Waals surface area contributed by atoms with E-state index in [2.05, 4.69) is 44.1 Å². The molecule has 3 rings (SSSR count). The molecule has 2 aromatic rings. The Balaban J connectivity index is 1.53. The summed E-state index contributed by atoms with van der Waals surface area (Å²) in [6.45, 7) is 0.623. The highest BCUT2D eigenvalue weighted by Crippen LogP contribution is 2.42. The van der Waals surface area contributed by atoms with Gasteiger partial charge in [-0.15, -0.1) is 11.3 Å². The Morgan fingerprint density at radius 1 is 1.08 bits per heavy atom. The Kier molecular flexibility index (Phi) is 5.91. The fourth-order valence-electron chi connectivity index (χ4n) is 3.37. The van der Waals surface area contributed by atoms with E-state index in [9.17, 15) is 9.59 Å². The molecule has 0 radical (unpaired) electrons. The Morgan fingerprint density at radius 3 is 2.52 bits per heavy atom. The quantitative estimate of drug-likeness (QED) is 0.744. The van der Waals surface area contributed by atoms with E-state index >= 15 is 0 Å². The van der Waals surface area contributed by atoms with Gasteiger partial charge in [-0.3, -0.25) is 9.59 Å². The van der Waals surface area contributed by atoms with E-state index in [1.807, 2.05) is 6.07 Å². The van der Waals surface area contributed by atoms with Gasteiger partial charge in [0.1, 0.15) is 0 Å². The monoisotopic (exact) mass is 420 g/mol. The Morgan fingerprint density at radius 2 is 1.84 bits per heavy atom. The number of nitrogens with one attached hydrogen (secondary N) is 2. The maximum absolute atomic E-state index is 12.2. The second kappa shape index (κ2) is 8.15. The van der Waals surface area contributed by atoms with E-state index in [-0.39, 0.29) is 23.8 Å². The third-order valence-corrected chi connectivity index (χ3v) is 6.56. The summed E-state index contributed by atoms with van der Waals surface area (Å²) in [6, 6.07) is 11.4.